The maximum atomic E-state index is 10.6. The topological polar surface area (TPSA) is 89.2 Å². The lowest BCUT2D eigenvalue weighted by atomic mass is 10.1. The van der Waals surface area contributed by atoms with Crippen molar-refractivity contribution >= 4 is 11.8 Å². The molecule has 0 bridgehead atoms. The minimum atomic E-state index is -0.986. The van der Waals surface area contributed by atoms with Gasteiger partial charge in [0, 0.05) is 19.1 Å². The summed E-state index contributed by atoms with van der Waals surface area (Å²) in [7, 11) is 0. The number of nitriles is 1. The van der Waals surface area contributed by atoms with E-state index in [1.165, 1.54) is 0 Å². The van der Waals surface area contributed by atoms with Crippen molar-refractivity contribution in [3.05, 3.63) is 24.0 Å². The number of rotatable bonds is 2. The number of aromatic nitrogens is 1. The number of nitrogens with zero attached hydrogens (tertiary/aromatic N) is 3. The molecule has 1 amide bonds. The largest absolute Gasteiger partial charge is 0.465 e. The van der Waals surface area contributed by atoms with E-state index in [1.807, 2.05) is 12.1 Å². The molecule has 1 aliphatic rings. The monoisotopic (exact) mass is 246 g/mol. The predicted octanol–water partition coefficient (Wildman–Crippen LogP) is 1.19. The maximum absolute atomic E-state index is 10.6. The molecule has 0 aliphatic carbocycles. The van der Waals surface area contributed by atoms with E-state index in [0.717, 1.165) is 25.1 Å². The van der Waals surface area contributed by atoms with Gasteiger partial charge < -0.3 is 15.3 Å². The van der Waals surface area contributed by atoms with Crippen molar-refractivity contribution in [1.29, 1.82) is 5.26 Å². The van der Waals surface area contributed by atoms with E-state index in [1.54, 1.807) is 12.3 Å². The Morgan fingerprint density at radius 3 is 3.06 bits per heavy atom. The smallest absolute Gasteiger partial charge is 0.404 e. The fourth-order valence-electron chi connectivity index (χ4n) is 2.14. The van der Waals surface area contributed by atoms with Crippen molar-refractivity contribution in [2.24, 2.45) is 0 Å². The maximum Gasteiger partial charge on any atom is 0.404 e. The number of carbonyl (C=O) groups is 1. The fourth-order valence-corrected chi connectivity index (χ4v) is 2.14. The highest BCUT2D eigenvalue weighted by Crippen LogP contribution is 2.19. The van der Waals surface area contributed by atoms with E-state index in [9.17, 15) is 4.79 Å². The molecule has 18 heavy (non-hydrogen) atoms. The van der Waals surface area contributed by atoms with Crippen LogP contribution < -0.4 is 10.2 Å². The van der Waals surface area contributed by atoms with Gasteiger partial charge in [0.15, 0.2) is 0 Å². The number of hydrogen-bond acceptors (Lipinski definition) is 4. The minimum absolute atomic E-state index is 0.0492. The first kappa shape index (κ1) is 12.2. The third-order valence-electron chi connectivity index (χ3n) is 2.98. The van der Waals surface area contributed by atoms with Crippen LogP contribution in [0.25, 0.3) is 0 Å². The van der Waals surface area contributed by atoms with Gasteiger partial charge in [0.25, 0.3) is 0 Å². The van der Waals surface area contributed by atoms with Crippen LogP contribution in [0, 0.1) is 11.3 Å². The van der Waals surface area contributed by atoms with Crippen molar-refractivity contribution in [2.75, 3.05) is 18.0 Å². The van der Waals surface area contributed by atoms with Gasteiger partial charge in [-0.1, -0.05) is 0 Å². The highest BCUT2D eigenvalue weighted by Gasteiger charge is 2.21. The van der Waals surface area contributed by atoms with Crippen molar-refractivity contribution in [1.82, 2.24) is 10.3 Å². The van der Waals surface area contributed by atoms with E-state index in [2.05, 4.69) is 15.2 Å². The molecule has 1 aromatic rings. The Balaban J connectivity index is 2.03. The van der Waals surface area contributed by atoms with E-state index in [4.69, 9.17) is 10.4 Å². The summed E-state index contributed by atoms with van der Waals surface area (Å²) in [5.74, 6) is 0. The molecule has 6 heteroatoms. The summed E-state index contributed by atoms with van der Waals surface area (Å²) in [6, 6.07) is 5.44. The summed E-state index contributed by atoms with van der Waals surface area (Å²) in [5, 5.41) is 19.9. The lowest BCUT2D eigenvalue weighted by Gasteiger charge is -2.33. The zero-order valence-corrected chi connectivity index (χ0v) is 9.83. The normalized spacial score (nSPS) is 19.1. The fraction of sp³-hybridized carbons (Fsp3) is 0.417. The summed E-state index contributed by atoms with van der Waals surface area (Å²) >= 11 is 0. The van der Waals surface area contributed by atoms with Gasteiger partial charge in [-0.25, -0.2) is 9.78 Å². The first-order chi connectivity index (χ1) is 8.69. The second-order valence-corrected chi connectivity index (χ2v) is 4.25. The summed E-state index contributed by atoms with van der Waals surface area (Å²) in [6.07, 6.45) is 2.46. The number of anilines is 1. The van der Waals surface area contributed by atoms with Crippen molar-refractivity contribution in [3.8, 4) is 6.07 Å². The molecular weight excluding hydrogens is 232 g/mol. The zero-order valence-electron chi connectivity index (χ0n) is 9.83. The van der Waals surface area contributed by atoms with E-state index in [0.29, 0.717) is 12.2 Å². The number of hydrogen-bond donors (Lipinski definition) is 2. The molecule has 6 nitrogen and oxygen atoms in total. The first-order valence-corrected chi connectivity index (χ1v) is 5.79. The van der Waals surface area contributed by atoms with Gasteiger partial charge in [-0.3, -0.25) is 0 Å². The molecule has 0 spiro atoms. The minimum Gasteiger partial charge on any atom is -0.465 e. The number of amides is 1. The number of nitrogens with one attached hydrogen (secondary N) is 1. The van der Waals surface area contributed by atoms with Crippen molar-refractivity contribution in [2.45, 2.75) is 18.9 Å². The molecule has 1 saturated heterocycles. The van der Waals surface area contributed by atoms with Crippen LogP contribution >= 0.6 is 0 Å². The van der Waals surface area contributed by atoms with Crippen molar-refractivity contribution < 1.29 is 9.90 Å². The van der Waals surface area contributed by atoms with Gasteiger partial charge in [0.05, 0.1) is 11.9 Å². The van der Waals surface area contributed by atoms with Gasteiger partial charge in [-0.2, -0.15) is 5.26 Å². The predicted molar refractivity (Wildman–Crippen MR) is 65.3 cm³/mol. The molecule has 2 N–H and O–H groups in total. The lowest BCUT2D eigenvalue weighted by molar-refractivity contribution is 0.188. The van der Waals surface area contributed by atoms with Gasteiger partial charge in [0.2, 0.25) is 0 Å². The molecule has 1 fully saturated rings. The van der Waals surface area contributed by atoms with Gasteiger partial charge in [-0.15, -0.1) is 0 Å². The highest BCUT2D eigenvalue weighted by molar-refractivity contribution is 5.65. The summed E-state index contributed by atoms with van der Waals surface area (Å²) in [4.78, 5) is 16.7. The van der Waals surface area contributed by atoms with E-state index >= 15 is 0 Å². The second-order valence-electron chi connectivity index (χ2n) is 4.25. The zero-order chi connectivity index (χ0) is 13.0. The number of carboxylic acid groups (broad SMARTS) is 1. The Hall–Kier alpha value is -2.29. The molecule has 1 unspecified atom stereocenters. The van der Waals surface area contributed by atoms with Crippen LogP contribution in [0.1, 0.15) is 18.5 Å². The molecule has 1 aliphatic heterocycles. The Kier molecular flexibility index (Phi) is 3.63. The second kappa shape index (κ2) is 5.36. The van der Waals surface area contributed by atoms with Crippen LogP contribution in [0.15, 0.2) is 18.3 Å². The molecule has 94 valence electrons. The molecular formula is C12H14N4O2. The summed E-state index contributed by atoms with van der Waals surface area (Å²) in [6.45, 7) is 1.52. The molecule has 1 aromatic heterocycles. The average Bonchev–Trinajstić information content (AvgIpc) is 2.38. The third kappa shape index (κ3) is 2.88. The average molecular weight is 246 g/mol. The van der Waals surface area contributed by atoms with E-state index < -0.39 is 6.09 Å². The Bertz CT molecular complexity index is 466. The molecule has 0 saturated carbocycles. The SMILES string of the molecule is N#Cc1ccc(N2CCCC(NC(=O)O)C2)cn1. The van der Waals surface area contributed by atoms with E-state index in [-0.39, 0.29) is 6.04 Å². The Morgan fingerprint density at radius 1 is 1.61 bits per heavy atom. The number of pyridine rings is 1. The molecule has 1 atom stereocenters. The van der Waals surface area contributed by atoms with Crippen LogP contribution in [0.3, 0.4) is 0 Å². The Labute approximate surface area is 105 Å². The standard InChI is InChI=1S/C12H14N4O2/c13-6-9-3-4-11(7-14-9)16-5-1-2-10(8-16)15-12(17)18/h3-4,7,10,15H,1-2,5,8H2,(H,17,18). The van der Waals surface area contributed by atoms with Crippen molar-refractivity contribution in [3.63, 3.8) is 0 Å². The number of piperidine rings is 1. The summed E-state index contributed by atoms with van der Waals surface area (Å²) in [5.41, 5.74) is 1.31. The Morgan fingerprint density at radius 2 is 2.44 bits per heavy atom. The van der Waals surface area contributed by atoms with Gasteiger partial charge in [0.1, 0.15) is 11.8 Å². The van der Waals surface area contributed by atoms with Crippen LogP contribution in [0.4, 0.5) is 10.5 Å². The molecule has 2 heterocycles. The quantitative estimate of drug-likeness (QED) is 0.818. The third-order valence-corrected chi connectivity index (χ3v) is 2.98. The van der Waals surface area contributed by atoms with Crippen LogP contribution in [0.2, 0.25) is 0 Å². The highest BCUT2D eigenvalue weighted by atomic mass is 16.4. The molecule has 0 aromatic carbocycles. The van der Waals surface area contributed by atoms with Crippen LogP contribution in [-0.2, 0) is 0 Å². The first-order valence-electron chi connectivity index (χ1n) is 5.79. The van der Waals surface area contributed by atoms with Gasteiger partial charge in [-0.05, 0) is 25.0 Å². The lowest BCUT2D eigenvalue weighted by Crippen LogP contribution is -2.47. The molecule has 0 radical (unpaired) electrons. The van der Waals surface area contributed by atoms with Crippen LogP contribution in [0.5, 0.6) is 0 Å². The van der Waals surface area contributed by atoms with Crippen LogP contribution in [-0.4, -0.2) is 35.3 Å². The molecule has 2 rings (SSSR count). The van der Waals surface area contributed by atoms with Gasteiger partial charge >= 0.3 is 6.09 Å². The summed E-state index contributed by atoms with van der Waals surface area (Å²) < 4.78 is 0.